The first-order chi connectivity index (χ1) is 11.8. The van der Waals surface area contributed by atoms with Gasteiger partial charge in [-0.3, -0.25) is 9.59 Å². The molecule has 0 aliphatic carbocycles. The molecule has 0 saturated carbocycles. The maximum atomic E-state index is 13.0. The average molecular weight is 363 g/mol. The minimum Gasteiger partial charge on any atom is -0.340 e. The van der Waals surface area contributed by atoms with Crippen LogP contribution in [-0.4, -0.2) is 17.9 Å². The van der Waals surface area contributed by atoms with Crippen molar-refractivity contribution in [2.45, 2.75) is 26.8 Å². The largest absolute Gasteiger partial charge is 0.340 e. The van der Waals surface area contributed by atoms with E-state index < -0.39 is 17.8 Å². The summed E-state index contributed by atoms with van der Waals surface area (Å²) in [7, 11) is 0. The molecule has 0 aliphatic rings. The van der Waals surface area contributed by atoms with Crippen LogP contribution in [0.15, 0.2) is 42.5 Å². The van der Waals surface area contributed by atoms with Crippen molar-refractivity contribution in [1.82, 2.24) is 5.32 Å². The number of hydrogen-bond acceptors (Lipinski definition) is 2. The molecule has 0 fully saturated rings. The first-order valence-electron chi connectivity index (χ1n) is 7.91. The molecule has 1 atom stereocenters. The van der Waals surface area contributed by atoms with E-state index in [1.54, 1.807) is 12.1 Å². The van der Waals surface area contributed by atoms with Crippen molar-refractivity contribution in [3.8, 4) is 0 Å². The van der Waals surface area contributed by atoms with Gasteiger partial charge >= 0.3 is 0 Å². The van der Waals surface area contributed by atoms with Crippen LogP contribution in [0.4, 0.5) is 10.1 Å². The van der Waals surface area contributed by atoms with Gasteiger partial charge in [0, 0.05) is 5.56 Å². The SMILES string of the molecule is Cc1ccc(NC(=O)[C@@H](NC(=O)c2ccc(F)cc2)C(C)C)c(Cl)c1. The Morgan fingerprint density at radius 2 is 1.72 bits per heavy atom. The van der Waals surface area contributed by atoms with Crippen LogP contribution in [0, 0.1) is 18.7 Å². The van der Waals surface area contributed by atoms with E-state index in [9.17, 15) is 14.0 Å². The molecule has 25 heavy (non-hydrogen) atoms. The maximum absolute atomic E-state index is 13.0. The summed E-state index contributed by atoms with van der Waals surface area (Å²) in [5.41, 5.74) is 1.75. The average Bonchev–Trinajstić information content (AvgIpc) is 2.55. The van der Waals surface area contributed by atoms with Crippen LogP contribution in [0.3, 0.4) is 0 Å². The third-order valence-electron chi connectivity index (χ3n) is 3.72. The summed E-state index contributed by atoms with van der Waals surface area (Å²) in [6.45, 7) is 5.55. The highest BCUT2D eigenvalue weighted by Gasteiger charge is 2.25. The quantitative estimate of drug-likeness (QED) is 0.838. The number of carbonyl (C=O) groups excluding carboxylic acids is 2. The van der Waals surface area contributed by atoms with E-state index in [-0.39, 0.29) is 17.4 Å². The molecule has 0 saturated heterocycles. The summed E-state index contributed by atoms with van der Waals surface area (Å²) in [4.78, 5) is 24.9. The topological polar surface area (TPSA) is 58.2 Å². The molecule has 6 heteroatoms. The van der Waals surface area contributed by atoms with Gasteiger partial charge in [0.1, 0.15) is 11.9 Å². The van der Waals surface area contributed by atoms with E-state index >= 15 is 0 Å². The molecular weight excluding hydrogens is 343 g/mol. The molecule has 4 nitrogen and oxygen atoms in total. The Labute approximate surface area is 151 Å². The van der Waals surface area contributed by atoms with Crippen LogP contribution in [-0.2, 0) is 4.79 Å². The number of benzene rings is 2. The van der Waals surface area contributed by atoms with Gasteiger partial charge in [0.2, 0.25) is 5.91 Å². The molecule has 2 N–H and O–H groups in total. The van der Waals surface area contributed by atoms with Gasteiger partial charge in [-0.05, 0) is 54.8 Å². The minimum atomic E-state index is -0.755. The Morgan fingerprint density at radius 1 is 1.08 bits per heavy atom. The van der Waals surface area contributed by atoms with Crippen LogP contribution in [0.2, 0.25) is 5.02 Å². The van der Waals surface area contributed by atoms with Crippen LogP contribution in [0.1, 0.15) is 29.8 Å². The summed E-state index contributed by atoms with van der Waals surface area (Å²) in [5, 5.41) is 5.86. The second-order valence-corrected chi connectivity index (χ2v) is 6.58. The summed E-state index contributed by atoms with van der Waals surface area (Å²) in [6, 6.07) is 9.69. The Hall–Kier alpha value is -2.40. The zero-order valence-electron chi connectivity index (χ0n) is 14.3. The lowest BCUT2D eigenvalue weighted by Gasteiger charge is -2.22. The number of rotatable bonds is 5. The molecule has 2 amide bonds. The molecule has 0 bridgehead atoms. The van der Waals surface area contributed by atoms with Gasteiger partial charge in [0.05, 0.1) is 10.7 Å². The van der Waals surface area contributed by atoms with E-state index in [0.29, 0.717) is 10.7 Å². The summed E-state index contributed by atoms with van der Waals surface area (Å²) < 4.78 is 13.0. The minimum absolute atomic E-state index is 0.145. The molecule has 2 aromatic rings. The number of nitrogens with one attached hydrogen (secondary N) is 2. The second kappa shape index (κ2) is 8.12. The molecule has 0 spiro atoms. The maximum Gasteiger partial charge on any atom is 0.251 e. The lowest BCUT2D eigenvalue weighted by atomic mass is 10.0. The third-order valence-corrected chi connectivity index (χ3v) is 4.04. The molecule has 0 radical (unpaired) electrons. The van der Waals surface area contributed by atoms with E-state index in [4.69, 9.17) is 11.6 Å². The van der Waals surface area contributed by atoms with E-state index in [1.165, 1.54) is 24.3 Å². The fourth-order valence-corrected chi connectivity index (χ4v) is 2.58. The highest BCUT2D eigenvalue weighted by molar-refractivity contribution is 6.33. The van der Waals surface area contributed by atoms with Gasteiger partial charge < -0.3 is 10.6 Å². The van der Waals surface area contributed by atoms with E-state index in [0.717, 1.165) is 5.56 Å². The third kappa shape index (κ3) is 5.03. The molecular formula is C19H20ClFN2O2. The number of hydrogen-bond donors (Lipinski definition) is 2. The van der Waals surface area contributed by atoms with E-state index in [2.05, 4.69) is 10.6 Å². The standard InChI is InChI=1S/C19H20ClFN2O2/c1-11(2)17(23-18(24)13-5-7-14(21)8-6-13)19(25)22-16-9-4-12(3)10-15(16)20/h4-11,17H,1-3H3,(H,22,25)(H,23,24)/t17-/m0/s1. The van der Waals surface area contributed by atoms with Gasteiger partial charge in [-0.25, -0.2) is 4.39 Å². The van der Waals surface area contributed by atoms with Crippen molar-refractivity contribution in [2.24, 2.45) is 5.92 Å². The number of halogens is 2. The van der Waals surface area contributed by atoms with Crippen molar-refractivity contribution < 1.29 is 14.0 Å². The number of aryl methyl sites for hydroxylation is 1. The molecule has 2 aromatic carbocycles. The number of amides is 2. The normalized spacial score (nSPS) is 11.9. The zero-order valence-corrected chi connectivity index (χ0v) is 15.0. The van der Waals surface area contributed by atoms with Gasteiger partial charge in [-0.2, -0.15) is 0 Å². The lowest BCUT2D eigenvalue weighted by Crippen LogP contribution is -2.47. The summed E-state index contributed by atoms with van der Waals surface area (Å²) in [6.07, 6.45) is 0. The van der Waals surface area contributed by atoms with E-state index in [1.807, 2.05) is 26.8 Å². The molecule has 0 heterocycles. The van der Waals surface area contributed by atoms with Crippen molar-refractivity contribution >= 4 is 29.1 Å². The molecule has 2 rings (SSSR count). The number of carbonyl (C=O) groups is 2. The molecule has 132 valence electrons. The summed E-state index contributed by atoms with van der Waals surface area (Å²) >= 11 is 6.14. The van der Waals surface area contributed by atoms with Gasteiger partial charge in [0.25, 0.3) is 5.91 Å². The molecule has 0 aromatic heterocycles. The fourth-order valence-electron chi connectivity index (χ4n) is 2.29. The van der Waals surface area contributed by atoms with Crippen LogP contribution in [0.5, 0.6) is 0 Å². The monoisotopic (exact) mass is 362 g/mol. The highest BCUT2D eigenvalue weighted by atomic mass is 35.5. The van der Waals surface area contributed by atoms with Gasteiger partial charge in [-0.15, -0.1) is 0 Å². The van der Waals surface area contributed by atoms with Crippen LogP contribution in [0.25, 0.3) is 0 Å². The van der Waals surface area contributed by atoms with Crippen LogP contribution < -0.4 is 10.6 Å². The Balaban J connectivity index is 2.12. The first-order valence-corrected chi connectivity index (χ1v) is 8.29. The summed E-state index contributed by atoms with van der Waals surface area (Å²) in [5.74, 6) is -1.38. The predicted octanol–water partition coefficient (Wildman–Crippen LogP) is 4.18. The van der Waals surface area contributed by atoms with Gasteiger partial charge in [0.15, 0.2) is 0 Å². The van der Waals surface area contributed by atoms with Gasteiger partial charge in [-0.1, -0.05) is 31.5 Å². The fraction of sp³-hybridized carbons (Fsp3) is 0.263. The predicted molar refractivity (Wildman–Crippen MR) is 97.3 cm³/mol. The Kier molecular flexibility index (Phi) is 6.15. The molecule has 0 unspecified atom stereocenters. The zero-order chi connectivity index (χ0) is 18.6. The second-order valence-electron chi connectivity index (χ2n) is 6.17. The van der Waals surface area contributed by atoms with Crippen molar-refractivity contribution in [3.05, 3.63) is 64.4 Å². The number of anilines is 1. The van der Waals surface area contributed by atoms with Crippen molar-refractivity contribution in [3.63, 3.8) is 0 Å². The van der Waals surface area contributed by atoms with Crippen molar-refractivity contribution in [1.29, 1.82) is 0 Å². The lowest BCUT2D eigenvalue weighted by molar-refractivity contribution is -0.118. The van der Waals surface area contributed by atoms with Crippen LogP contribution >= 0.6 is 11.6 Å². The Bertz CT molecular complexity index is 775. The van der Waals surface area contributed by atoms with Crippen molar-refractivity contribution in [2.75, 3.05) is 5.32 Å². The first kappa shape index (κ1) is 18.9. The Morgan fingerprint density at radius 3 is 2.28 bits per heavy atom. The molecule has 0 aliphatic heterocycles. The highest BCUT2D eigenvalue weighted by Crippen LogP contribution is 2.23. The smallest absolute Gasteiger partial charge is 0.251 e.